The van der Waals surface area contributed by atoms with Crippen LogP contribution in [0.1, 0.15) is 18.9 Å². The number of allylic oxidation sites excluding steroid dienone is 2. The van der Waals surface area contributed by atoms with Gasteiger partial charge in [-0.05, 0) is 54.0 Å². The summed E-state index contributed by atoms with van der Waals surface area (Å²) < 4.78 is 19.9. The van der Waals surface area contributed by atoms with Crippen LogP contribution in [0.15, 0.2) is 79.4 Å². The second kappa shape index (κ2) is 8.48. The summed E-state index contributed by atoms with van der Waals surface area (Å²) in [7, 11) is 0. The van der Waals surface area contributed by atoms with Crippen molar-refractivity contribution in [3.8, 4) is 16.9 Å². The largest absolute Gasteiger partial charge is 0.486 e. The van der Waals surface area contributed by atoms with Crippen molar-refractivity contribution in [3.63, 3.8) is 0 Å². The Bertz CT molecular complexity index is 923. The Morgan fingerprint density at radius 1 is 1.00 bits per heavy atom. The summed E-state index contributed by atoms with van der Waals surface area (Å²) in [6.45, 7) is 5.92. The van der Waals surface area contributed by atoms with Gasteiger partial charge in [0.2, 0.25) is 0 Å². The monoisotopic (exact) mass is 346 g/mol. The van der Waals surface area contributed by atoms with E-state index < -0.39 is 0 Å². The van der Waals surface area contributed by atoms with Gasteiger partial charge in [0.25, 0.3) is 0 Å². The topological polar surface area (TPSA) is 9.23 Å². The van der Waals surface area contributed by atoms with Crippen molar-refractivity contribution in [3.05, 3.63) is 90.8 Å². The second-order valence-electron chi connectivity index (χ2n) is 6.22. The van der Waals surface area contributed by atoms with E-state index in [4.69, 9.17) is 4.74 Å². The van der Waals surface area contributed by atoms with E-state index in [1.54, 1.807) is 12.1 Å². The molecule has 0 aliphatic heterocycles. The fourth-order valence-corrected chi connectivity index (χ4v) is 2.99. The van der Waals surface area contributed by atoms with E-state index >= 15 is 0 Å². The molecule has 0 fully saturated rings. The van der Waals surface area contributed by atoms with E-state index in [2.05, 4.69) is 43.0 Å². The van der Waals surface area contributed by atoms with Crippen LogP contribution in [0.2, 0.25) is 0 Å². The molecule has 3 aromatic rings. The van der Waals surface area contributed by atoms with Crippen molar-refractivity contribution in [1.82, 2.24) is 0 Å². The van der Waals surface area contributed by atoms with Gasteiger partial charge in [-0.3, -0.25) is 0 Å². The number of hydrogen-bond acceptors (Lipinski definition) is 1. The van der Waals surface area contributed by atoms with Crippen molar-refractivity contribution in [2.24, 2.45) is 0 Å². The lowest BCUT2D eigenvalue weighted by molar-refractivity contribution is 0.344. The molecular formula is C24H23FO. The van der Waals surface area contributed by atoms with E-state index in [-0.39, 0.29) is 11.6 Å². The summed E-state index contributed by atoms with van der Waals surface area (Å²) in [6, 6.07) is 17.9. The molecule has 0 N–H and O–H groups in total. The highest BCUT2D eigenvalue weighted by Gasteiger charge is 2.09. The van der Waals surface area contributed by atoms with Crippen LogP contribution in [0.5, 0.6) is 5.75 Å². The van der Waals surface area contributed by atoms with Crippen molar-refractivity contribution in [2.75, 3.05) is 6.61 Å². The molecule has 3 aromatic carbocycles. The van der Waals surface area contributed by atoms with Crippen LogP contribution in [-0.2, 0) is 6.42 Å². The molecule has 0 bridgehead atoms. The van der Waals surface area contributed by atoms with E-state index in [0.717, 1.165) is 29.4 Å². The minimum Gasteiger partial charge on any atom is -0.486 e. The third-order valence-electron chi connectivity index (χ3n) is 4.40. The maximum atomic E-state index is 14.6. The Morgan fingerprint density at radius 3 is 2.50 bits per heavy atom. The highest BCUT2D eigenvalue weighted by atomic mass is 19.1. The van der Waals surface area contributed by atoms with Crippen molar-refractivity contribution >= 4 is 10.8 Å². The number of ether oxygens (including phenoxy) is 1. The fraction of sp³-hybridized carbons (Fsp3) is 0.167. The molecule has 3 rings (SSSR count). The lowest BCUT2D eigenvalue weighted by atomic mass is 9.99. The number of benzene rings is 3. The maximum Gasteiger partial charge on any atom is 0.172 e. The maximum absolute atomic E-state index is 14.6. The van der Waals surface area contributed by atoms with E-state index in [9.17, 15) is 4.39 Å². The zero-order valence-corrected chi connectivity index (χ0v) is 15.0. The molecule has 0 amide bonds. The fourth-order valence-electron chi connectivity index (χ4n) is 2.99. The Kier molecular flexibility index (Phi) is 5.85. The highest BCUT2D eigenvalue weighted by molar-refractivity contribution is 5.89. The van der Waals surface area contributed by atoms with Gasteiger partial charge >= 0.3 is 0 Å². The Balaban J connectivity index is 1.85. The summed E-state index contributed by atoms with van der Waals surface area (Å²) in [4.78, 5) is 0. The van der Waals surface area contributed by atoms with Crippen LogP contribution in [0, 0.1) is 5.82 Å². The third-order valence-corrected chi connectivity index (χ3v) is 4.40. The molecule has 0 spiro atoms. The molecule has 0 saturated carbocycles. The smallest absolute Gasteiger partial charge is 0.172 e. The Labute approximate surface area is 154 Å². The first-order chi connectivity index (χ1) is 12.7. The lowest BCUT2D eigenvalue weighted by Gasteiger charge is -2.09. The Hall–Kier alpha value is -2.87. The zero-order chi connectivity index (χ0) is 18.4. The van der Waals surface area contributed by atoms with Gasteiger partial charge in [-0.2, -0.15) is 0 Å². The van der Waals surface area contributed by atoms with Gasteiger partial charge in [-0.15, -0.1) is 0 Å². The lowest BCUT2D eigenvalue weighted by Crippen LogP contribution is -1.96. The van der Waals surface area contributed by atoms with Gasteiger partial charge in [-0.1, -0.05) is 67.3 Å². The van der Waals surface area contributed by atoms with E-state index in [0.29, 0.717) is 12.0 Å². The van der Waals surface area contributed by atoms with Crippen LogP contribution < -0.4 is 4.74 Å². The Morgan fingerprint density at radius 2 is 1.77 bits per heavy atom. The molecule has 0 radical (unpaired) electrons. The third kappa shape index (κ3) is 4.02. The van der Waals surface area contributed by atoms with Gasteiger partial charge in [0, 0.05) is 5.39 Å². The summed E-state index contributed by atoms with van der Waals surface area (Å²) in [5.74, 6) is -0.0640. The predicted molar refractivity (Wildman–Crippen MR) is 108 cm³/mol. The van der Waals surface area contributed by atoms with Crippen LogP contribution in [0.4, 0.5) is 4.39 Å². The molecular weight excluding hydrogens is 323 g/mol. The first-order valence-corrected chi connectivity index (χ1v) is 8.89. The molecule has 0 saturated heterocycles. The highest BCUT2D eigenvalue weighted by Crippen LogP contribution is 2.30. The molecule has 1 nitrogen and oxygen atoms in total. The first kappa shape index (κ1) is 17.9. The molecule has 0 aliphatic rings. The molecule has 0 atom stereocenters. The van der Waals surface area contributed by atoms with Gasteiger partial charge in [0.1, 0.15) is 6.61 Å². The van der Waals surface area contributed by atoms with Gasteiger partial charge in [-0.25, -0.2) is 4.39 Å². The average Bonchev–Trinajstić information content (AvgIpc) is 2.68. The molecule has 26 heavy (non-hydrogen) atoms. The summed E-state index contributed by atoms with van der Waals surface area (Å²) >= 11 is 0. The van der Waals surface area contributed by atoms with Gasteiger partial charge < -0.3 is 4.74 Å². The first-order valence-electron chi connectivity index (χ1n) is 8.89. The molecule has 0 aliphatic carbocycles. The van der Waals surface area contributed by atoms with Gasteiger partial charge in [0.05, 0.1) is 0 Å². The van der Waals surface area contributed by atoms with Crippen LogP contribution in [0.25, 0.3) is 21.9 Å². The minimum atomic E-state index is -0.324. The molecule has 132 valence electrons. The molecule has 0 heterocycles. The number of fused-ring (bicyclic) bond motifs is 1. The van der Waals surface area contributed by atoms with Crippen LogP contribution in [-0.4, -0.2) is 6.61 Å². The van der Waals surface area contributed by atoms with Crippen LogP contribution in [0.3, 0.4) is 0 Å². The minimum absolute atomic E-state index is 0.260. The molecule has 0 unspecified atom stereocenters. The van der Waals surface area contributed by atoms with Crippen molar-refractivity contribution in [1.29, 1.82) is 0 Å². The number of rotatable bonds is 7. The summed E-state index contributed by atoms with van der Waals surface area (Å²) in [6.07, 6.45) is 7.96. The SMILES string of the molecule is C=CCOc1ccc2cc(-c3ccc(CC/C=C/C)cc3)ccc2c1F. The quantitative estimate of drug-likeness (QED) is 0.431. The standard InChI is InChI=1S/C24H23FO/c1-3-5-6-7-18-8-10-19(11-9-18)20-12-14-22-21(17-20)13-15-23(24(22)25)26-16-4-2/h3-5,8-15,17H,2,6-7,16H2,1H3/b5-3+. The zero-order valence-electron chi connectivity index (χ0n) is 15.0. The van der Waals surface area contributed by atoms with Crippen molar-refractivity contribution < 1.29 is 9.13 Å². The summed E-state index contributed by atoms with van der Waals surface area (Å²) in [5, 5.41) is 1.43. The number of hydrogen-bond donors (Lipinski definition) is 0. The number of aryl methyl sites for hydroxylation is 1. The van der Waals surface area contributed by atoms with Gasteiger partial charge in [0.15, 0.2) is 11.6 Å². The molecule has 2 heteroatoms. The second-order valence-corrected chi connectivity index (χ2v) is 6.22. The predicted octanol–water partition coefficient (Wildman–Crippen LogP) is 6.72. The van der Waals surface area contributed by atoms with Crippen molar-refractivity contribution in [2.45, 2.75) is 19.8 Å². The number of halogens is 1. The van der Waals surface area contributed by atoms with E-state index in [1.165, 1.54) is 5.56 Å². The van der Waals surface area contributed by atoms with Crippen LogP contribution >= 0.6 is 0 Å². The normalized spacial score (nSPS) is 11.2. The summed E-state index contributed by atoms with van der Waals surface area (Å²) in [5.41, 5.74) is 3.54. The molecule has 0 aromatic heterocycles. The van der Waals surface area contributed by atoms with E-state index in [1.807, 2.05) is 31.2 Å². The average molecular weight is 346 g/mol.